The maximum atomic E-state index is 12.3. The normalized spacial score (nSPS) is 33.9. The summed E-state index contributed by atoms with van der Waals surface area (Å²) in [4.78, 5) is 60.7. The Hall–Kier alpha value is -3.67. The SMILES string of the molecule is CO[C@H]1O[C@@H]2CO[C@@H](c3ccccc3)O[C@H]2[C@@H](O[C@H]2O[C@H](COC(C)=O)[C@@H](OC(C)=O)[C@H](OC(C)=O)[C@@H]2OC(C)=O)[C@H]1OC(C)=O. The lowest BCUT2D eigenvalue weighted by molar-refractivity contribution is -0.390. The van der Waals surface area contributed by atoms with E-state index in [1.807, 2.05) is 6.07 Å². The van der Waals surface area contributed by atoms with Crippen LogP contribution < -0.4 is 0 Å². The maximum Gasteiger partial charge on any atom is 0.303 e. The highest BCUT2D eigenvalue weighted by Gasteiger charge is 2.58. The number of benzene rings is 1. The van der Waals surface area contributed by atoms with Crippen molar-refractivity contribution in [1.29, 1.82) is 0 Å². The minimum absolute atomic E-state index is 0.0231. The van der Waals surface area contributed by atoms with Crippen LogP contribution >= 0.6 is 0 Å². The maximum absolute atomic E-state index is 12.3. The zero-order valence-electron chi connectivity index (χ0n) is 26.2. The van der Waals surface area contributed by atoms with Crippen molar-refractivity contribution >= 4 is 29.8 Å². The lowest BCUT2D eigenvalue weighted by atomic mass is 9.95. The molecule has 0 spiro atoms. The molecular formula is C30H38O16. The Kier molecular flexibility index (Phi) is 12.0. The molecule has 0 amide bonds. The molecule has 3 heterocycles. The Morgan fingerprint density at radius 1 is 0.674 bits per heavy atom. The summed E-state index contributed by atoms with van der Waals surface area (Å²) in [6.45, 7) is 5.21. The fourth-order valence-corrected chi connectivity index (χ4v) is 5.44. The van der Waals surface area contributed by atoms with Gasteiger partial charge in [0.15, 0.2) is 43.3 Å². The van der Waals surface area contributed by atoms with Crippen LogP contribution in [0, 0.1) is 0 Å². The lowest BCUT2D eigenvalue weighted by Crippen LogP contribution is -2.68. The molecule has 16 nitrogen and oxygen atoms in total. The highest BCUT2D eigenvalue weighted by Crippen LogP contribution is 2.39. The first-order valence-electron chi connectivity index (χ1n) is 14.5. The quantitative estimate of drug-likeness (QED) is 0.255. The van der Waals surface area contributed by atoms with Crippen molar-refractivity contribution in [1.82, 2.24) is 0 Å². The lowest BCUT2D eigenvalue weighted by Gasteiger charge is -2.50. The number of carbonyl (C=O) groups excluding carboxylic acids is 5. The average molecular weight is 655 g/mol. The van der Waals surface area contributed by atoms with Gasteiger partial charge < -0.3 is 52.1 Å². The van der Waals surface area contributed by atoms with E-state index in [9.17, 15) is 24.0 Å². The zero-order valence-corrected chi connectivity index (χ0v) is 26.2. The van der Waals surface area contributed by atoms with E-state index in [0.717, 1.165) is 27.7 Å². The van der Waals surface area contributed by atoms with Gasteiger partial charge in [-0.3, -0.25) is 24.0 Å². The van der Waals surface area contributed by atoms with Gasteiger partial charge in [0.1, 0.15) is 31.0 Å². The number of rotatable bonds is 10. The van der Waals surface area contributed by atoms with Gasteiger partial charge in [0.25, 0.3) is 0 Å². The molecule has 46 heavy (non-hydrogen) atoms. The van der Waals surface area contributed by atoms with Crippen molar-refractivity contribution in [2.45, 2.75) is 102 Å². The van der Waals surface area contributed by atoms with Crippen LogP contribution in [0.1, 0.15) is 46.5 Å². The molecule has 0 unspecified atom stereocenters. The summed E-state index contributed by atoms with van der Waals surface area (Å²) in [7, 11) is 1.34. The molecule has 3 saturated heterocycles. The summed E-state index contributed by atoms with van der Waals surface area (Å²) < 4.78 is 63.6. The monoisotopic (exact) mass is 654 g/mol. The van der Waals surface area contributed by atoms with Crippen LogP contribution in [0.4, 0.5) is 0 Å². The molecule has 0 aromatic heterocycles. The molecule has 1 aromatic rings. The van der Waals surface area contributed by atoms with Crippen LogP contribution in [0.25, 0.3) is 0 Å². The van der Waals surface area contributed by atoms with E-state index in [1.54, 1.807) is 24.3 Å². The van der Waals surface area contributed by atoms with Crippen LogP contribution in [0.3, 0.4) is 0 Å². The van der Waals surface area contributed by atoms with Crippen molar-refractivity contribution in [2.75, 3.05) is 20.3 Å². The molecule has 0 aliphatic carbocycles. The first kappa shape index (κ1) is 35.2. The third-order valence-corrected chi connectivity index (χ3v) is 7.13. The summed E-state index contributed by atoms with van der Waals surface area (Å²) in [5.74, 6) is -3.79. The summed E-state index contributed by atoms with van der Waals surface area (Å²) in [5, 5.41) is 0. The van der Waals surface area contributed by atoms with Crippen LogP contribution in [0.5, 0.6) is 0 Å². The number of ether oxygens (including phenoxy) is 11. The fourth-order valence-electron chi connectivity index (χ4n) is 5.44. The Bertz CT molecular complexity index is 1240. The number of carbonyl (C=O) groups is 5. The number of methoxy groups -OCH3 is 1. The van der Waals surface area contributed by atoms with E-state index in [1.165, 1.54) is 14.0 Å². The second-order valence-electron chi connectivity index (χ2n) is 10.7. The van der Waals surface area contributed by atoms with Crippen LogP contribution in [-0.2, 0) is 76.1 Å². The predicted octanol–water partition coefficient (Wildman–Crippen LogP) is 0.872. The third kappa shape index (κ3) is 8.77. The molecule has 11 atom stereocenters. The van der Waals surface area contributed by atoms with Gasteiger partial charge in [0.2, 0.25) is 0 Å². The fraction of sp³-hybridized carbons (Fsp3) is 0.633. The summed E-state index contributed by atoms with van der Waals surface area (Å²) in [5.41, 5.74) is 0.685. The van der Waals surface area contributed by atoms with E-state index < -0.39 is 104 Å². The molecule has 3 fully saturated rings. The first-order valence-corrected chi connectivity index (χ1v) is 14.5. The highest BCUT2D eigenvalue weighted by molar-refractivity contribution is 5.69. The Morgan fingerprint density at radius 3 is 1.80 bits per heavy atom. The van der Waals surface area contributed by atoms with Crippen LogP contribution in [0.15, 0.2) is 30.3 Å². The Balaban J connectivity index is 1.76. The Labute approximate surface area is 264 Å². The second-order valence-corrected chi connectivity index (χ2v) is 10.7. The second kappa shape index (κ2) is 15.8. The zero-order chi connectivity index (χ0) is 33.5. The van der Waals surface area contributed by atoms with E-state index in [-0.39, 0.29) is 6.61 Å². The summed E-state index contributed by atoms with van der Waals surface area (Å²) in [6, 6.07) is 9.03. The molecule has 1 aromatic carbocycles. The first-order chi connectivity index (χ1) is 21.9. The Morgan fingerprint density at radius 2 is 1.24 bits per heavy atom. The number of hydrogen-bond acceptors (Lipinski definition) is 16. The molecule has 0 saturated carbocycles. The van der Waals surface area contributed by atoms with E-state index in [4.69, 9.17) is 52.1 Å². The number of esters is 5. The van der Waals surface area contributed by atoms with Crippen LogP contribution in [-0.4, -0.2) is 112 Å². The van der Waals surface area contributed by atoms with Crippen molar-refractivity contribution in [3.63, 3.8) is 0 Å². The molecule has 254 valence electrons. The standard InChI is InChI=1S/C30H38O16/c1-14(31)37-12-20-22(39-15(2)32)24(40-16(3)33)27(42-18(5)35)30(44-20)46-25-23-21(43-29(36-6)26(25)41-17(4)34)13-38-28(45-23)19-10-8-7-9-11-19/h7-11,20-30H,12-13H2,1-6H3/t20-,21-,22-,23-,24+,25-,26-,27+,28-,29+,30-/m1/s1. The molecule has 0 radical (unpaired) electrons. The van der Waals surface area contributed by atoms with Crippen molar-refractivity contribution in [3.8, 4) is 0 Å². The molecule has 0 N–H and O–H groups in total. The van der Waals surface area contributed by atoms with Crippen molar-refractivity contribution in [3.05, 3.63) is 35.9 Å². The number of hydrogen-bond donors (Lipinski definition) is 0. The average Bonchev–Trinajstić information content (AvgIpc) is 2.99. The molecule has 3 aliphatic heterocycles. The van der Waals surface area contributed by atoms with E-state index in [2.05, 4.69) is 0 Å². The predicted molar refractivity (Wildman–Crippen MR) is 148 cm³/mol. The van der Waals surface area contributed by atoms with Crippen molar-refractivity contribution < 1.29 is 76.1 Å². The number of fused-ring (bicyclic) bond motifs is 1. The highest BCUT2D eigenvalue weighted by atomic mass is 16.8. The summed E-state index contributed by atoms with van der Waals surface area (Å²) in [6.07, 6.45) is -13.6. The smallest absolute Gasteiger partial charge is 0.303 e. The van der Waals surface area contributed by atoms with Gasteiger partial charge in [0, 0.05) is 47.3 Å². The molecule has 16 heteroatoms. The van der Waals surface area contributed by atoms with Gasteiger partial charge in [-0.2, -0.15) is 0 Å². The largest absolute Gasteiger partial charge is 0.463 e. The van der Waals surface area contributed by atoms with Gasteiger partial charge in [-0.15, -0.1) is 0 Å². The summed E-state index contributed by atoms with van der Waals surface area (Å²) >= 11 is 0. The van der Waals surface area contributed by atoms with Gasteiger partial charge in [-0.25, -0.2) is 0 Å². The minimum atomic E-state index is -1.60. The molecule has 4 rings (SSSR count). The third-order valence-electron chi connectivity index (χ3n) is 7.13. The topological polar surface area (TPSA) is 187 Å². The molecular weight excluding hydrogens is 616 g/mol. The van der Waals surface area contributed by atoms with Gasteiger partial charge in [-0.05, 0) is 0 Å². The minimum Gasteiger partial charge on any atom is -0.463 e. The van der Waals surface area contributed by atoms with Crippen molar-refractivity contribution in [2.24, 2.45) is 0 Å². The van der Waals surface area contributed by atoms with Gasteiger partial charge in [0.05, 0.1) is 6.61 Å². The van der Waals surface area contributed by atoms with E-state index >= 15 is 0 Å². The molecule has 0 bridgehead atoms. The van der Waals surface area contributed by atoms with Gasteiger partial charge in [-0.1, -0.05) is 30.3 Å². The van der Waals surface area contributed by atoms with E-state index in [0.29, 0.717) is 5.56 Å². The van der Waals surface area contributed by atoms with Gasteiger partial charge >= 0.3 is 29.8 Å². The molecule has 3 aliphatic rings. The van der Waals surface area contributed by atoms with Crippen LogP contribution in [0.2, 0.25) is 0 Å².